The van der Waals surface area contributed by atoms with Crippen molar-refractivity contribution in [1.29, 1.82) is 0 Å². The van der Waals surface area contributed by atoms with E-state index in [4.69, 9.17) is 23.7 Å². The summed E-state index contributed by atoms with van der Waals surface area (Å²) < 4.78 is 30.2. The van der Waals surface area contributed by atoms with Gasteiger partial charge in [-0.3, -0.25) is 4.79 Å². The van der Waals surface area contributed by atoms with Gasteiger partial charge in [-0.25, -0.2) is 9.59 Å². The van der Waals surface area contributed by atoms with Gasteiger partial charge < -0.3 is 28.8 Å². The number of hydrogen-bond acceptors (Lipinski definition) is 9. The summed E-state index contributed by atoms with van der Waals surface area (Å²) in [4.78, 5) is 38.5. The molecular weight excluding hydrogens is 528 g/mol. The molecule has 0 unspecified atom stereocenters. The maximum atomic E-state index is 13.4. The highest BCUT2D eigenvalue weighted by atomic mass is 16.6. The van der Waals surface area contributed by atoms with Gasteiger partial charge in [0.05, 0.1) is 6.10 Å². The molecule has 0 aromatic rings. The predicted octanol–water partition coefficient (Wildman–Crippen LogP) is 3.61. The van der Waals surface area contributed by atoms with E-state index >= 15 is 0 Å². The van der Waals surface area contributed by atoms with Gasteiger partial charge in [-0.1, -0.05) is 57.2 Å². The van der Waals surface area contributed by atoms with E-state index in [-0.39, 0.29) is 48.4 Å². The third kappa shape index (κ3) is 5.00. The van der Waals surface area contributed by atoms with Crippen LogP contribution in [-0.4, -0.2) is 72.3 Å². The summed E-state index contributed by atoms with van der Waals surface area (Å²) in [6, 6.07) is 0. The monoisotopic (exact) mass is 570 g/mol. The molecule has 0 aromatic heterocycles. The zero-order valence-corrected chi connectivity index (χ0v) is 24.6. The minimum absolute atomic E-state index is 0.180. The molecule has 1 saturated heterocycles. The van der Waals surface area contributed by atoms with E-state index in [0.29, 0.717) is 12.0 Å². The number of rotatable bonds is 6. The van der Waals surface area contributed by atoms with Crippen LogP contribution in [0.4, 0.5) is 0 Å². The number of carbonyl (C=O) groups excluding carboxylic acids is 3. The van der Waals surface area contributed by atoms with Crippen LogP contribution in [-0.2, 0) is 38.1 Å². The standard InChI is InChI=1S/C32H42O9/c1-7-24(33)38-19(5)27-16(2)14-17(3)32-21(15-23(37-6)31(36)39-27)12-13-22-25(32)26(34)18(4)28(29(22)41-32)40-30(35)20-10-8-9-11-20/h8-10,12-14,16,18-19,21-23,25-29,34H,7,11,15H2,1-6H3/b17-14+/t16-,18-,19-,21-,22-,23+,25+,26-,27+,28-,29-,32+/m1/s1. The Morgan fingerprint density at radius 2 is 2.00 bits per heavy atom. The minimum Gasteiger partial charge on any atom is -0.459 e. The molecule has 1 spiro atoms. The number of hydrogen-bond donors (Lipinski definition) is 1. The van der Waals surface area contributed by atoms with Crippen molar-refractivity contribution in [1.82, 2.24) is 0 Å². The van der Waals surface area contributed by atoms with E-state index in [0.717, 1.165) is 5.57 Å². The van der Waals surface area contributed by atoms with Crippen LogP contribution in [0.2, 0.25) is 0 Å². The molecule has 2 fully saturated rings. The third-order valence-electron chi connectivity index (χ3n) is 9.75. The fourth-order valence-corrected chi connectivity index (χ4v) is 7.64. The molecule has 4 bridgehead atoms. The molecule has 5 aliphatic rings. The van der Waals surface area contributed by atoms with Crippen LogP contribution >= 0.6 is 0 Å². The molecule has 1 N–H and O–H groups in total. The van der Waals surface area contributed by atoms with Gasteiger partial charge in [0.1, 0.15) is 30.0 Å². The van der Waals surface area contributed by atoms with Crippen LogP contribution in [0.25, 0.3) is 0 Å². The first kappa shape index (κ1) is 29.7. The highest BCUT2D eigenvalue weighted by molar-refractivity contribution is 5.90. The van der Waals surface area contributed by atoms with Crippen LogP contribution < -0.4 is 0 Å². The van der Waals surface area contributed by atoms with Crippen molar-refractivity contribution in [2.75, 3.05) is 7.11 Å². The molecule has 2 heterocycles. The molecule has 224 valence electrons. The predicted molar refractivity (Wildman–Crippen MR) is 148 cm³/mol. The zero-order valence-electron chi connectivity index (χ0n) is 24.6. The van der Waals surface area contributed by atoms with Crippen LogP contribution in [0.5, 0.6) is 0 Å². The van der Waals surface area contributed by atoms with E-state index in [1.807, 2.05) is 45.1 Å². The van der Waals surface area contributed by atoms with Crippen LogP contribution in [0.1, 0.15) is 53.9 Å². The van der Waals surface area contributed by atoms with Gasteiger partial charge in [0.25, 0.3) is 0 Å². The van der Waals surface area contributed by atoms with Crippen molar-refractivity contribution in [3.63, 3.8) is 0 Å². The number of allylic oxidation sites excluding steroid dienone is 3. The van der Waals surface area contributed by atoms with Crippen molar-refractivity contribution < 1.29 is 43.2 Å². The maximum absolute atomic E-state index is 13.4. The quantitative estimate of drug-likeness (QED) is 0.290. The molecule has 1 saturated carbocycles. The first-order valence-electron chi connectivity index (χ1n) is 14.8. The summed E-state index contributed by atoms with van der Waals surface area (Å²) in [5.74, 6) is -2.82. The summed E-state index contributed by atoms with van der Waals surface area (Å²) in [6.07, 6.45) is 8.33. The maximum Gasteiger partial charge on any atom is 0.335 e. The van der Waals surface area contributed by atoms with Gasteiger partial charge in [0.2, 0.25) is 0 Å². The first-order valence-corrected chi connectivity index (χ1v) is 14.8. The topological polar surface area (TPSA) is 118 Å². The number of esters is 3. The van der Waals surface area contributed by atoms with Gasteiger partial charge in [0.15, 0.2) is 6.10 Å². The Morgan fingerprint density at radius 1 is 1.24 bits per heavy atom. The van der Waals surface area contributed by atoms with Crippen LogP contribution in [0, 0.1) is 29.6 Å². The lowest BCUT2D eigenvalue weighted by Crippen LogP contribution is -2.57. The summed E-state index contributed by atoms with van der Waals surface area (Å²) in [7, 11) is 1.47. The van der Waals surface area contributed by atoms with Crippen molar-refractivity contribution in [2.45, 2.75) is 96.1 Å². The number of aliphatic hydroxyl groups excluding tert-OH is 1. The van der Waals surface area contributed by atoms with Gasteiger partial charge in [-0.2, -0.15) is 0 Å². The van der Waals surface area contributed by atoms with Gasteiger partial charge >= 0.3 is 17.9 Å². The Bertz CT molecular complexity index is 1180. The second-order valence-corrected chi connectivity index (χ2v) is 12.1. The lowest BCUT2D eigenvalue weighted by atomic mass is 9.57. The Morgan fingerprint density at radius 3 is 2.66 bits per heavy atom. The molecule has 9 nitrogen and oxygen atoms in total. The molecule has 3 aliphatic carbocycles. The Balaban J connectivity index is 1.54. The third-order valence-corrected chi connectivity index (χ3v) is 9.75. The minimum atomic E-state index is -0.955. The largest absolute Gasteiger partial charge is 0.459 e. The number of methoxy groups -OCH3 is 1. The van der Waals surface area contributed by atoms with Crippen molar-refractivity contribution >= 4 is 17.9 Å². The second-order valence-electron chi connectivity index (χ2n) is 12.1. The van der Waals surface area contributed by atoms with E-state index < -0.39 is 54.2 Å². The van der Waals surface area contributed by atoms with Gasteiger partial charge in [-0.15, -0.1) is 0 Å². The number of aliphatic hydroxyl groups is 1. The van der Waals surface area contributed by atoms with Gasteiger partial charge in [-0.05, 0) is 32.3 Å². The van der Waals surface area contributed by atoms with E-state index in [9.17, 15) is 19.5 Å². The number of ether oxygens (including phenoxy) is 5. The molecule has 12 atom stereocenters. The van der Waals surface area contributed by atoms with Crippen molar-refractivity contribution in [3.8, 4) is 0 Å². The lowest BCUT2D eigenvalue weighted by Gasteiger charge is -2.49. The molecule has 0 amide bonds. The molecule has 0 aromatic carbocycles. The summed E-state index contributed by atoms with van der Waals surface area (Å²) in [5, 5.41) is 11.8. The number of cyclic esters (lactones) is 1. The Labute approximate surface area is 241 Å². The normalized spacial score (nSPS) is 43.2. The summed E-state index contributed by atoms with van der Waals surface area (Å²) >= 11 is 0. The SMILES string of the molecule is CCC(=O)O[C@H](C)[C@H]1OC(=O)[C@@H](OC)C[C@H]2C=C[C@H]3[C@H]4O[C@]2(/C(C)=C/[C@H]1C)[C@@H]3[C@H](O)[C@@H](C)[C@H]4OC(=O)C1=CC=CC1. The smallest absolute Gasteiger partial charge is 0.335 e. The average molecular weight is 571 g/mol. The zero-order chi connectivity index (χ0) is 29.6. The highest BCUT2D eigenvalue weighted by Crippen LogP contribution is 2.61. The highest BCUT2D eigenvalue weighted by Gasteiger charge is 2.69. The van der Waals surface area contributed by atoms with Crippen molar-refractivity contribution in [2.24, 2.45) is 29.6 Å². The Kier molecular flexibility index (Phi) is 8.34. The first-order chi connectivity index (χ1) is 19.5. The summed E-state index contributed by atoms with van der Waals surface area (Å²) in [6.45, 7) is 9.23. The van der Waals surface area contributed by atoms with E-state index in [1.165, 1.54) is 7.11 Å². The summed E-state index contributed by atoms with van der Waals surface area (Å²) in [5.41, 5.74) is 0.517. The van der Waals surface area contributed by atoms with E-state index in [1.54, 1.807) is 19.9 Å². The van der Waals surface area contributed by atoms with Crippen LogP contribution in [0.3, 0.4) is 0 Å². The fourth-order valence-electron chi connectivity index (χ4n) is 7.64. The number of carbonyl (C=O) groups is 3. The molecule has 0 radical (unpaired) electrons. The molecular formula is C32H42O9. The molecule has 2 aliphatic heterocycles. The Hall–Kier alpha value is -2.75. The molecule has 41 heavy (non-hydrogen) atoms. The second kappa shape index (κ2) is 11.5. The van der Waals surface area contributed by atoms with Crippen molar-refractivity contribution in [3.05, 3.63) is 47.6 Å². The molecule has 9 heteroatoms. The fraction of sp³-hybridized carbons (Fsp3) is 0.656. The van der Waals surface area contributed by atoms with Crippen LogP contribution in [0.15, 0.2) is 47.6 Å². The average Bonchev–Trinajstić information content (AvgIpc) is 3.55. The lowest BCUT2D eigenvalue weighted by molar-refractivity contribution is -0.179. The van der Waals surface area contributed by atoms with Gasteiger partial charge in [0, 0.05) is 48.7 Å². The van der Waals surface area contributed by atoms with E-state index in [2.05, 4.69) is 6.08 Å². The molecule has 5 rings (SSSR count).